The van der Waals surface area contributed by atoms with Gasteiger partial charge in [-0.2, -0.15) is 0 Å². The summed E-state index contributed by atoms with van der Waals surface area (Å²) in [7, 11) is 1.78. The predicted octanol–water partition coefficient (Wildman–Crippen LogP) is 8.95. The average molecular weight is 962 g/mol. The third-order valence-corrected chi connectivity index (χ3v) is 14.9. The van der Waals surface area contributed by atoms with E-state index >= 15 is 0 Å². The first-order valence-corrected chi connectivity index (χ1v) is 24.9. The highest BCUT2D eigenvalue weighted by Gasteiger charge is 2.29. The van der Waals surface area contributed by atoms with E-state index in [4.69, 9.17) is 15.1 Å². The van der Waals surface area contributed by atoms with Crippen molar-refractivity contribution in [1.82, 2.24) is 20.2 Å². The van der Waals surface area contributed by atoms with Crippen molar-refractivity contribution in [2.24, 2.45) is 11.8 Å². The molecule has 16 heteroatoms. The fourth-order valence-corrected chi connectivity index (χ4v) is 11.0. The number of ether oxygens (including phenoxy) is 1. The van der Waals surface area contributed by atoms with Gasteiger partial charge >= 0.3 is 5.97 Å². The van der Waals surface area contributed by atoms with Crippen LogP contribution in [0.4, 0.5) is 22.3 Å². The lowest BCUT2D eigenvalue weighted by atomic mass is 9.87. The number of nitrogens with zero attached hydrogens (tertiary/aromatic N) is 4. The average Bonchev–Trinajstić information content (AvgIpc) is 3.77. The zero-order chi connectivity index (χ0) is 48.9. The molecule has 1 atom stereocenters. The zero-order valence-corrected chi connectivity index (χ0v) is 40.5. The number of piperidine rings is 2. The van der Waals surface area contributed by atoms with Crippen molar-refractivity contribution in [2.75, 3.05) is 60.7 Å². The van der Waals surface area contributed by atoms with Crippen LogP contribution in [0.25, 0.3) is 17.2 Å². The molecule has 5 aromatic rings. The van der Waals surface area contributed by atoms with Crippen LogP contribution in [-0.4, -0.2) is 89.2 Å². The lowest BCUT2D eigenvalue weighted by Crippen LogP contribution is -2.39. The fraction of sp³-hybridized carbons (Fsp3) is 0.352. The molecule has 0 radical (unpaired) electrons. The van der Waals surface area contributed by atoms with Gasteiger partial charge in [-0.15, -0.1) is 11.3 Å². The number of pyridine rings is 1. The van der Waals surface area contributed by atoms with E-state index in [9.17, 15) is 24.3 Å². The van der Waals surface area contributed by atoms with Gasteiger partial charge in [0.15, 0.2) is 10.8 Å². The standard InChI is InChI=1S/C54H59N9O6S/c1-32-28-37(69-27-7-8-34-21-24-62(25-22-34)31-49(65)58-36-13-15-42(45(29-36)56-3)50(55)39-18-20-48(64)57-33(39)2)14-16-38(32)40-17-19-47(60-51(40)53(67)68)63-26-23-35-9-6-10-41(43(35)30-63)52(66)61-54-59-44-11-4-5-12-46(44)70-54/h4,6,9-11,13-17,19,28-29,34,39,55-56H,2,5,7-8,12,18,20-27,30-31H2,1,3H3,(H,57,64)(H,58,65)(H,67,68)(H,59,61,66). The minimum absolute atomic E-state index is 0.0347. The number of anilines is 4. The van der Waals surface area contributed by atoms with E-state index in [0.29, 0.717) is 96.2 Å². The molecule has 0 bridgehead atoms. The summed E-state index contributed by atoms with van der Waals surface area (Å²) in [5.74, 6) is 0.0577. The van der Waals surface area contributed by atoms with Crippen LogP contribution in [-0.2, 0) is 29.0 Å². The number of rotatable bonds is 16. The van der Waals surface area contributed by atoms with Crippen molar-refractivity contribution >= 4 is 69.1 Å². The molecule has 2 fully saturated rings. The summed E-state index contributed by atoms with van der Waals surface area (Å²) in [6.45, 7) is 9.50. The van der Waals surface area contributed by atoms with Gasteiger partial charge in [-0.3, -0.25) is 24.6 Å². The maximum atomic E-state index is 13.6. The number of aryl methyl sites for hydroxylation is 2. The molecule has 6 N–H and O–H groups in total. The lowest BCUT2D eigenvalue weighted by Gasteiger charge is -2.31. The Morgan fingerprint density at radius 3 is 2.56 bits per heavy atom. The highest BCUT2D eigenvalue weighted by Crippen LogP contribution is 2.35. The van der Waals surface area contributed by atoms with E-state index in [0.717, 1.165) is 91.0 Å². The van der Waals surface area contributed by atoms with Gasteiger partial charge in [-0.05, 0) is 154 Å². The number of carboxylic acids is 1. The lowest BCUT2D eigenvalue weighted by molar-refractivity contribution is -0.121. The van der Waals surface area contributed by atoms with Gasteiger partial charge in [0.25, 0.3) is 5.91 Å². The van der Waals surface area contributed by atoms with Crippen LogP contribution >= 0.6 is 11.3 Å². The van der Waals surface area contributed by atoms with Crippen LogP contribution in [0, 0.1) is 24.2 Å². The van der Waals surface area contributed by atoms with Gasteiger partial charge in [-0.1, -0.05) is 30.9 Å². The minimum atomic E-state index is -1.12. The molecule has 1 aliphatic carbocycles. The second-order valence-corrected chi connectivity index (χ2v) is 19.6. The predicted molar refractivity (Wildman–Crippen MR) is 275 cm³/mol. The van der Waals surface area contributed by atoms with Crippen LogP contribution in [0.15, 0.2) is 85.1 Å². The van der Waals surface area contributed by atoms with Gasteiger partial charge < -0.3 is 36.1 Å². The topological polar surface area (TPSA) is 202 Å². The minimum Gasteiger partial charge on any atom is -0.494 e. The Kier molecular flexibility index (Phi) is 14.5. The number of carboxylic acid groups (broad SMARTS) is 1. The van der Waals surface area contributed by atoms with Crippen molar-refractivity contribution in [3.05, 3.63) is 129 Å². The first-order chi connectivity index (χ1) is 33.9. The van der Waals surface area contributed by atoms with Crippen molar-refractivity contribution in [3.8, 4) is 16.9 Å². The summed E-state index contributed by atoms with van der Waals surface area (Å²) < 4.78 is 6.19. The number of fused-ring (bicyclic) bond motifs is 2. The largest absolute Gasteiger partial charge is 0.494 e. The van der Waals surface area contributed by atoms with E-state index in [2.05, 4.69) is 43.8 Å². The molecule has 0 spiro atoms. The molecule has 1 unspecified atom stereocenters. The molecule has 2 saturated heterocycles. The quantitative estimate of drug-likeness (QED) is 0.0407. The highest BCUT2D eigenvalue weighted by molar-refractivity contribution is 7.16. The number of nitrogens with one attached hydrogen (secondary N) is 5. The number of carbonyl (C=O) groups excluding carboxylic acids is 3. The molecule has 362 valence electrons. The summed E-state index contributed by atoms with van der Waals surface area (Å²) in [6.07, 6.45) is 11.5. The summed E-state index contributed by atoms with van der Waals surface area (Å²) in [5, 5.41) is 31.8. The van der Waals surface area contributed by atoms with Gasteiger partial charge in [0, 0.05) is 76.8 Å². The monoisotopic (exact) mass is 961 g/mol. The highest BCUT2D eigenvalue weighted by atomic mass is 32.1. The van der Waals surface area contributed by atoms with Gasteiger partial charge in [-0.25, -0.2) is 14.8 Å². The summed E-state index contributed by atoms with van der Waals surface area (Å²) in [5.41, 5.74) is 8.62. The van der Waals surface area contributed by atoms with Crippen molar-refractivity contribution in [1.29, 1.82) is 5.41 Å². The maximum absolute atomic E-state index is 13.6. The number of likely N-dealkylation sites (tertiary alicyclic amines) is 1. The molecule has 5 heterocycles. The first kappa shape index (κ1) is 47.9. The molecular formula is C54H59N9O6S. The number of allylic oxidation sites excluding steroid dienone is 2. The number of hydrogen-bond donors (Lipinski definition) is 6. The van der Waals surface area contributed by atoms with Crippen molar-refractivity contribution < 1.29 is 29.0 Å². The zero-order valence-electron chi connectivity index (χ0n) is 39.7. The Balaban J connectivity index is 0.736. The molecule has 3 amide bonds. The van der Waals surface area contributed by atoms with Crippen LogP contribution in [0.5, 0.6) is 5.75 Å². The summed E-state index contributed by atoms with van der Waals surface area (Å²) in [6, 6.07) is 20.7. The second-order valence-electron chi connectivity index (χ2n) is 18.5. The van der Waals surface area contributed by atoms with Crippen molar-refractivity contribution in [3.63, 3.8) is 0 Å². The number of amides is 3. The van der Waals surface area contributed by atoms with Crippen LogP contribution in [0.1, 0.15) is 98.6 Å². The smallest absolute Gasteiger partial charge is 0.355 e. The van der Waals surface area contributed by atoms with Crippen LogP contribution in [0.2, 0.25) is 0 Å². The van der Waals surface area contributed by atoms with E-state index in [1.807, 2.05) is 84.6 Å². The number of carbonyl (C=O) groups is 4. The van der Waals surface area contributed by atoms with E-state index in [1.165, 1.54) is 16.2 Å². The Bertz CT molecular complexity index is 2900. The Labute approximate surface area is 412 Å². The fourth-order valence-electron chi connectivity index (χ4n) is 10.1. The molecule has 15 nitrogen and oxygen atoms in total. The van der Waals surface area contributed by atoms with E-state index < -0.39 is 5.97 Å². The normalized spacial score (nSPS) is 17.0. The second kappa shape index (κ2) is 21.2. The molecule has 70 heavy (non-hydrogen) atoms. The number of aromatic nitrogens is 2. The van der Waals surface area contributed by atoms with Gasteiger partial charge in [0.2, 0.25) is 11.8 Å². The van der Waals surface area contributed by atoms with E-state index in [-0.39, 0.29) is 29.3 Å². The summed E-state index contributed by atoms with van der Waals surface area (Å²) in [4.78, 5) is 65.9. The SMILES string of the molecule is C=C1NC(=O)CCC1C(=N)c1ccc(NC(=O)CN2CCC(CCCOc3ccc(-c4ccc(N5CCc6cccc(C(=O)Nc7nc8c(s7)CCC=C8)c6C5)nc4C(=O)O)c(C)c3)CC2)cc1NC. The first-order valence-electron chi connectivity index (χ1n) is 24.1. The number of thiazole rings is 1. The van der Waals surface area contributed by atoms with Crippen molar-refractivity contribution in [2.45, 2.75) is 71.3 Å². The molecule has 2 aromatic heterocycles. The van der Waals surface area contributed by atoms with Gasteiger partial charge in [0.05, 0.1) is 18.8 Å². The Morgan fingerprint density at radius 2 is 1.79 bits per heavy atom. The van der Waals surface area contributed by atoms with E-state index in [1.54, 1.807) is 7.05 Å². The molecular weight excluding hydrogens is 903 g/mol. The molecule has 9 rings (SSSR count). The molecule has 3 aliphatic heterocycles. The number of aromatic carboxylic acids is 1. The molecule has 4 aliphatic rings. The third kappa shape index (κ3) is 10.8. The number of hydrogen-bond acceptors (Lipinski definition) is 12. The van der Waals surface area contributed by atoms with Crippen LogP contribution < -0.4 is 30.9 Å². The Morgan fingerprint density at radius 1 is 0.957 bits per heavy atom. The molecule has 0 saturated carbocycles. The molecule has 3 aromatic carbocycles. The Hall–Kier alpha value is -7.17. The maximum Gasteiger partial charge on any atom is 0.355 e. The van der Waals surface area contributed by atoms with Gasteiger partial charge in [0.1, 0.15) is 11.6 Å². The third-order valence-electron chi connectivity index (χ3n) is 13.9. The summed E-state index contributed by atoms with van der Waals surface area (Å²) >= 11 is 1.51. The number of benzene rings is 3. The van der Waals surface area contributed by atoms with Crippen LogP contribution in [0.3, 0.4) is 0 Å².